The van der Waals surface area contributed by atoms with Crippen LogP contribution in [0.15, 0.2) is 36.4 Å². The summed E-state index contributed by atoms with van der Waals surface area (Å²) in [5, 5.41) is 11.9. The van der Waals surface area contributed by atoms with E-state index < -0.39 is 11.8 Å². The fraction of sp³-hybridized carbons (Fsp3) is 0.0714. The molecule has 0 spiro atoms. The fourth-order valence-electron chi connectivity index (χ4n) is 1.80. The Morgan fingerprint density at radius 3 is 2.53 bits per heavy atom. The molecule has 0 aliphatic rings. The molecule has 0 heterocycles. The first kappa shape index (κ1) is 12.9. The zero-order valence-electron chi connectivity index (χ0n) is 10.3. The highest BCUT2D eigenvalue weighted by Crippen LogP contribution is 2.30. The molecule has 0 atom stereocenters. The molecular formula is C14H13FN2O2. The molecule has 0 saturated carbocycles. The van der Waals surface area contributed by atoms with Crippen LogP contribution in [0.5, 0.6) is 0 Å². The highest BCUT2D eigenvalue weighted by Gasteiger charge is 2.15. The van der Waals surface area contributed by atoms with Gasteiger partial charge in [0.15, 0.2) is 0 Å². The maximum Gasteiger partial charge on any atom is 0.337 e. The highest BCUT2D eigenvalue weighted by molar-refractivity contribution is 5.98. The quantitative estimate of drug-likeness (QED) is 0.741. The number of anilines is 3. The second-order valence-corrected chi connectivity index (χ2v) is 4.13. The van der Waals surface area contributed by atoms with E-state index in [0.29, 0.717) is 5.56 Å². The first-order chi connectivity index (χ1) is 9.00. The van der Waals surface area contributed by atoms with Crippen molar-refractivity contribution in [3.8, 4) is 0 Å². The van der Waals surface area contributed by atoms with E-state index in [-0.39, 0.29) is 22.6 Å². The number of nitrogens with two attached hydrogens (primary N) is 1. The number of nitrogen functional groups attached to an aromatic ring is 1. The number of halogens is 1. The molecule has 0 radical (unpaired) electrons. The average molecular weight is 260 g/mol. The van der Waals surface area contributed by atoms with Crippen molar-refractivity contribution in [2.45, 2.75) is 6.92 Å². The Kier molecular flexibility index (Phi) is 3.37. The van der Waals surface area contributed by atoms with Crippen LogP contribution in [0.2, 0.25) is 0 Å². The molecule has 4 nitrogen and oxygen atoms in total. The van der Waals surface area contributed by atoms with Crippen molar-refractivity contribution in [3.63, 3.8) is 0 Å². The normalized spacial score (nSPS) is 10.2. The highest BCUT2D eigenvalue weighted by atomic mass is 19.1. The number of aromatic carboxylic acids is 1. The monoisotopic (exact) mass is 260 g/mol. The molecule has 0 unspecified atom stereocenters. The molecule has 0 saturated heterocycles. The second-order valence-electron chi connectivity index (χ2n) is 4.13. The number of aryl methyl sites for hydroxylation is 1. The third kappa shape index (κ3) is 2.49. The van der Waals surface area contributed by atoms with Gasteiger partial charge in [0, 0.05) is 0 Å². The molecular weight excluding hydrogens is 247 g/mol. The van der Waals surface area contributed by atoms with E-state index in [1.165, 1.54) is 18.2 Å². The number of para-hydroxylation sites is 2. The molecule has 4 N–H and O–H groups in total. The lowest BCUT2D eigenvalue weighted by Crippen LogP contribution is -2.07. The van der Waals surface area contributed by atoms with Gasteiger partial charge in [-0.05, 0) is 30.7 Å². The Morgan fingerprint density at radius 2 is 1.89 bits per heavy atom. The Balaban J connectivity index is 2.52. The minimum absolute atomic E-state index is 0.00246. The van der Waals surface area contributed by atoms with Crippen molar-refractivity contribution in [3.05, 3.63) is 53.3 Å². The smallest absolute Gasteiger partial charge is 0.337 e. The van der Waals surface area contributed by atoms with Crippen LogP contribution in [0, 0.1) is 12.7 Å². The lowest BCUT2D eigenvalue weighted by Gasteiger charge is -2.14. The number of hydrogen-bond donors (Lipinski definition) is 3. The van der Waals surface area contributed by atoms with E-state index >= 15 is 0 Å². The summed E-state index contributed by atoms with van der Waals surface area (Å²) in [5.41, 5.74) is 7.10. The van der Waals surface area contributed by atoms with Crippen molar-refractivity contribution < 1.29 is 14.3 Å². The fourth-order valence-corrected chi connectivity index (χ4v) is 1.80. The van der Waals surface area contributed by atoms with Crippen LogP contribution in [-0.4, -0.2) is 11.1 Å². The average Bonchev–Trinajstić information content (AvgIpc) is 2.35. The zero-order chi connectivity index (χ0) is 14.0. The summed E-state index contributed by atoms with van der Waals surface area (Å²) in [7, 11) is 0. The van der Waals surface area contributed by atoms with Crippen LogP contribution in [0.4, 0.5) is 21.5 Å². The van der Waals surface area contributed by atoms with Crippen molar-refractivity contribution in [2.75, 3.05) is 11.1 Å². The summed E-state index contributed by atoms with van der Waals surface area (Å²) < 4.78 is 13.7. The van der Waals surface area contributed by atoms with Gasteiger partial charge in [0.1, 0.15) is 5.82 Å². The molecule has 5 heteroatoms. The SMILES string of the molecule is Cc1cccc(F)c1Nc1c(N)cccc1C(=O)O. The Labute approximate surface area is 109 Å². The van der Waals surface area contributed by atoms with Gasteiger partial charge in [-0.15, -0.1) is 0 Å². The zero-order valence-corrected chi connectivity index (χ0v) is 10.3. The summed E-state index contributed by atoms with van der Waals surface area (Å²) in [6.07, 6.45) is 0. The largest absolute Gasteiger partial charge is 0.478 e. The number of carboxylic acids is 1. The Hall–Kier alpha value is -2.56. The third-order valence-corrected chi connectivity index (χ3v) is 2.80. The predicted octanol–water partition coefficient (Wildman–Crippen LogP) is 3.16. The number of hydrogen-bond acceptors (Lipinski definition) is 3. The lowest BCUT2D eigenvalue weighted by molar-refractivity contribution is 0.0698. The predicted molar refractivity (Wildman–Crippen MR) is 72.2 cm³/mol. The first-order valence-electron chi connectivity index (χ1n) is 5.64. The van der Waals surface area contributed by atoms with Gasteiger partial charge in [0.25, 0.3) is 0 Å². The van der Waals surface area contributed by atoms with E-state index in [2.05, 4.69) is 5.32 Å². The third-order valence-electron chi connectivity index (χ3n) is 2.80. The van der Waals surface area contributed by atoms with Gasteiger partial charge in [-0.2, -0.15) is 0 Å². The molecule has 0 amide bonds. The second kappa shape index (κ2) is 4.97. The van der Waals surface area contributed by atoms with Gasteiger partial charge in [0.2, 0.25) is 0 Å². The maximum atomic E-state index is 13.7. The summed E-state index contributed by atoms with van der Waals surface area (Å²) in [6, 6.07) is 9.13. The number of rotatable bonds is 3. The van der Waals surface area contributed by atoms with Crippen molar-refractivity contribution in [2.24, 2.45) is 0 Å². The van der Waals surface area contributed by atoms with Gasteiger partial charge in [-0.3, -0.25) is 0 Å². The van der Waals surface area contributed by atoms with Crippen molar-refractivity contribution in [1.82, 2.24) is 0 Å². The molecule has 2 rings (SSSR count). The van der Waals surface area contributed by atoms with Crippen LogP contribution in [0.1, 0.15) is 15.9 Å². The van der Waals surface area contributed by atoms with Gasteiger partial charge < -0.3 is 16.2 Å². The molecule has 19 heavy (non-hydrogen) atoms. The van der Waals surface area contributed by atoms with Crippen LogP contribution >= 0.6 is 0 Å². The molecule has 0 fully saturated rings. The van der Waals surface area contributed by atoms with Gasteiger partial charge in [0.05, 0.1) is 22.6 Å². The van der Waals surface area contributed by atoms with E-state index in [0.717, 1.165) is 0 Å². The van der Waals surface area contributed by atoms with E-state index in [9.17, 15) is 9.18 Å². The summed E-state index contributed by atoms with van der Waals surface area (Å²) in [5.74, 6) is -1.58. The molecule has 98 valence electrons. The summed E-state index contributed by atoms with van der Waals surface area (Å²) in [6.45, 7) is 1.73. The van der Waals surface area contributed by atoms with Crippen LogP contribution < -0.4 is 11.1 Å². The first-order valence-corrected chi connectivity index (χ1v) is 5.64. The van der Waals surface area contributed by atoms with Crippen LogP contribution in [0.25, 0.3) is 0 Å². The van der Waals surface area contributed by atoms with Gasteiger partial charge in [-0.25, -0.2) is 9.18 Å². The van der Waals surface area contributed by atoms with E-state index in [1.54, 1.807) is 25.1 Å². The Bertz CT molecular complexity index is 621. The van der Waals surface area contributed by atoms with Crippen molar-refractivity contribution >= 4 is 23.0 Å². The van der Waals surface area contributed by atoms with Crippen LogP contribution in [-0.2, 0) is 0 Å². The maximum absolute atomic E-state index is 13.7. The molecule has 0 aromatic heterocycles. The summed E-state index contributed by atoms with van der Waals surface area (Å²) >= 11 is 0. The molecule has 0 bridgehead atoms. The molecule has 0 aliphatic carbocycles. The standard InChI is InChI=1S/C14H13FN2O2/c1-8-4-2-6-10(15)12(8)17-13-9(14(18)19)5-3-7-11(13)16/h2-7,17H,16H2,1H3,(H,18,19). The number of benzene rings is 2. The number of carboxylic acid groups (broad SMARTS) is 1. The van der Waals surface area contributed by atoms with E-state index in [4.69, 9.17) is 10.8 Å². The lowest BCUT2D eigenvalue weighted by atomic mass is 10.1. The Morgan fingerprint density at radius 1 is 1.21 bits per heavy atom. The number of carbonyl (C=O) groups is 1. The molecule has 0 aliphatic heterocycles. The molecule has 2 aromatic rings. The van der Waals surface area contributed by atoms with Gasteiger partial charge >= 0.3 is 5.97 Å². The topological polar surface area (TPSA) is 75.3 Å². The van der Waals surface area contributed by atoms with Gasteiger partial charge in [-0.1, -0.05) is 18.2 Å². The minimum atomic E-state index is -1.12. The van der Waals surface area contributed by atoms with E-state index in [1.807, 2.05) is 0 Å². The number of nitrogens with one attached hydrogen (secondary N) is 1. The summed E-state index contributed by atoms with van der Waals surface area (Å²) in [4.78, 5) is 11.1. The minimum Gasteiger partial charge on any atom is -0.478 e. The van der Waals surface area contributed by atoms with Crippen molar-refractivity contribution in [1.29, 1.82) is 0 Å². The molecule has 2 aromatic carbocycles. The van der Waals surface area contributed by atoms with Crippen LogP contribution in [0.3, 0.4) is 0 Å².